The second-order valence-corrected chi connectivity index (χ2v) is 2.59. The Morgan fingerprint density at radius 3 is 3.00 bits per heavy atom. The van der Waals surface area contributed by atoms with Gasteiger partial charge in [0, 0.05) is 12.3 Å². The number of nitrogens with zero attached hydrogens (tertiary/aromatic N) is 2. The molecule has 52 valence electrons. The molecule has 1 saturated heterocycles. The monoisotopic (exact) mass is 146 g/mol. The Morgan fingerprint density at radius 1 is 1.78 bits per heavy atom. The Balaban J connectivity index is 2.41. The number of thiol groups is 1. The van der Waals surface area contributed by atoms with Crippen molar-refractivity contribution in [3.63, 3.8) is 0 Å². The number of rotatable bonds is 2. The average molecular weight is 146 g/mol. The van der Waals surface area contributed by atoms with E-state index >= 15 is 0 Å². The van der Waals surface area contributed by atoms with Gasteiger partial charge in [0.25, 0.3) is 0 Å². The van der Waals surface area contributed by atoms with Gasteiger partial charge in [-0.1, -0.05) is 0 Å². The molecule has 1 heterocycles. The van der Waals surface area contributed by atoms with E-state index in [2.05, 4.69) is 17.9 Å². The molecule has 1 unspecified atom stereocenters. The van der Waals surface area contributed by atoms with Crippen LogP contribution in [0.25, 0.3) is 0 Å². The molecule has 0 radical (unpaired) electrons. The molecule has 0 N–H and O–H groups in total. The lowest BCUT2D eigenvalue weighted by Crippen LogP contribution is -2.24. The van der Waals surface area contributed by atoms with E-state index in [1.165, 1.54) is 0 Å². The molecular formula is C5H10N2OS. The number of hydrogen-bond acceptors (Lipinski definition) is 3. The third-order valence-corrected chi connectivity index (χ3v) is 2.08. The maximum Gasteiger partial charge on any atom is 0.0591 e. The average Bonchev–Trinajstić information content (AvgIpc) is 2.33. The van der Waals surface area contributed by atoms with Gasteiger partial charge in [0.2, 0.25) is 0 Å². The van der Waals surface area contributed by atoms with E-state index in [0.29, 0.717) is 6.04 Å². The molecule has 9 heavy (non-hydrogen) atoms. The standard InChI is InChI=1S/C5H10N2OS/c8-6-7-3-1-2-5(7)4-9/h5,9H,1-4H2. The third kappa shape index (κ3) is 1.36. The lowest BCUT2D eigenvalue weighted by molar-refractivity contribution is 0.283. The highest BCUT2D eigenvalue weighted by atomic mass is 32.1. The Hall–Kier alpha value is -0.250. The largest absolute Gasteiger partial charge is 0.257 e. The summed E-state index contributed by atoms with van der Waals surface area (Å²) < 4.78 is 0. The molecule has 0 aliphatic carbocycles. The van der Waals surface area contributed by atoms with Gasteiger partial charge < -0.3 is 0 Å². The topological polar surface area (TPSA) is 32.7 Å². The summed E-state index contributed by atoms with van der Waals surface area (Å²) in [5.41, 5.74) is 0. The van der Waals surface area contributed by atoms with Crippen LogP contribution in [0.2, 0.25) is 0 Å². The van der Waals surface area contributed by atoms with Gasteiger partial charge >= 0.3 is 0 Å². The molecule has 3 nitrogen and oxygen atoms in total. The van der Waals surface area contributed by atoms with Crippen molar-refractivity contribution in [2.24, 2.45) is 5.29 Å². The van der Waals surface area contributed by atoms with Crippen LogP contribution in [0.4, 0.5) is 0 Å². The van der Waals surface area contributed by atoms with Crippen molar-refractivity contribution >= 4 is 12.6 Å². The highest BCUT2D eigenvalue weighted by Gasteiger charge is 2.22. The summed E-state index contributed by atoms with van der Waals surface area (Å²) in [6.45, 7) is 0.814. The van der Waals surface area contributed by atoms with Crippen molar-refractivity contribution in [3.8, 4) is 0 Å². The number of hydrogen-bond donors (Lipinski definition) is 1. The predicted octanol–water partition coefficient (Wildman–Crippen LogP) is 1.06. The van der Waals surface area contributed by atoms with Crippen LogP contribution in [0.15, 0.2) is 5.29 Å². The summed E-state index contributed by atoms with van der Waals surface area (Å²) in [5, 5.41) is 4.45. The van der Waals surface area contributed by atoms with Crippen molar-refractivity contribution in [2.45, 2.75) is 18.9 Å². The Labute approximate surface area is 59.8 Å². The van der Waals surface area contributed by atoms with Gasteiger partial charge in [-0.3, -0.25) is 5.01 Å². The molecule has 1 rings (SSSR count). The molecule has 1 fully saturated rings. The highest BCUT2D eigenvalue weighted by molar-refractivity contribution is 7.80. The zero-order chi connectivity index (χ0) is 6.69. The van der Waals surface area contributed by atoms with Crippen LogP contribution in [0.1, 0.15) is 12.8 Å². The van der Waals surface area contributed by atoms with Crippen molar-refractivity contribution < 1.29 is 0 Å². The minimum Gasteiger partial charge on any atom is -0.257 e. The fraction of sp³-hybridized carbons (Fsp3) is 1.00. The third-order valence-electron chi connectivity index (χ3n) is 1.66. The van der Waals surface area contributed by atoms with Crippen molar-refractivity contribution in [1.29, 1.82) is 0 Å². The van der Waals surface area contributed by atoms with Gasteiger partial charge in [0.1, 0.15) is 0 Å². The molecule has 1 aliphatic heterocycles. The van der Waals surface area contributed by atoms with Gasteiger partial charge in [-0.05, 0) is 12.8 Å². The summed E-state index contributed by atoms with van der Waals surface area (Å²) in [4.78, 5) is 10.0. The first-order valence-corrected chi connectivity index (χ1v) is 3.72. The molecule has 0 aromatic heterocycles. The first kappa shape index (κ1) is 6.86. The molecule has 0 aromatic carbocycles. The lowest BCUT2D eigenvalue weighted by atomic mass is 10.2. The molecule has 0 aromatic rings. The van der Waals surface area contributed by atoms with Gasteiger partial charge in [-0.25, -0.2) is 0 Å². The van der Waals surface area contributed by atoms with E-state index in [0.717, 1.165) is 25.1 Å². The Kier molecular flexibility index (Phi) is 2.33. The molecule has 1 aliphatic rings. The van der Waals surface area contributed by atoms with Crippen LogP contribution in [-0.2, 0) is 0 Å². The van der Waals surface area contributed by atoms with Crippen LogP contribution < -0.4 is 0 Å². The van der Waals surface area contributed by atoms with Crippen molar-refractivity contribution in [1.82, 2.24) is 5.01 Å². The number of nitroso groups, excluding NO2 is 1. The minimum atomic E-state index is 0.297. The molecule has 0 saturated carbocycles. The molecule has 4 heteroatoms. The van der Waals surface area contributed by atoms with E-state index in [4.69, 9.17) is 0 Å². The van der Waals surface area contributed by atoms with Crippen molar-refractivity contribution in [3.05, 3.63) is 4.91 Å². The maximum absolute atomic E-state index is 10.0. The first-order valence-electron chi connectivity index (χ1n) is 3.09. The van der Waals surface area contributed by atoms with Crippen LogP contribution >= 0.6 is 12.6 Å². The molecule has 0 bridgehead atoms. The van der Waals surface area contributed by atoms with Crippen LogP contribution in [0.3, 0.4) is 0 Å². The summed E-state index contributed by atoms with van der Waals surface area (Å²) >= 11 is 4.09. The second kappa shape index (κ2) is 3.06. The quantitative estimate of drug-likeness (QED) is 0.466. The molecule has 0 spiro atoms. The fourth-order valence-corrected chi connectivity index (χ4v) is 1.48. The van der Waals surface area contributed by atoms with Crippen LogP contribution in [0, 0.1) is 4.91 Å². The van der Waals surface area contributed by atoms with Crippen molar-refractivity contribution in [2.75, 3.05) is 12.3 Å². The summed E-state index contributed by atoms with van der Waals surface area (Å²) in [6.07, 6.45) is 2.15. The minimum absolute atomic E-state index is 0.297. The normalized spacial score (nSPS) is 26.8. The zero-order valence-electron chi connectivity index (χ0n) is 5.16. The second-order valence-electron chi connectivity index (χ2n) is 2.22. The molecule has 0 amide bonds. The van der Waals surface area contributed by atoms with E-state index in [1.807, 2.05) is 0 Å². The summed E-state index contributed by atoms with van der Waals surface area (Å²) in [7, 11) is 0. The lowest BCUT2D eigenvalue weighted by Gasteiger charge is -2.13. The van der Waals surface area contributed by atoms with E-state index in [9.17, 15) is 4.91 Å². The Morgan fingerprint density at radius 2 is 2.56 bits per heavy atom. The fourth-order valence-electron chi connectivity index (χ4n) is 1.11. The van der Waals surface area contributed by atoms with Gasteiger partial charge in [0.05, 0.1) is 11.3 Å². The summed E-state index contributed by atoms with van der Waals surface area (Å²) in [6, 6.07) is 0.297. The van der Waals surface area contributed by atoms with Gasteiger partial charge in [-0.15, -0.1) is 4.91 Å². The van der Waals surface area contributed by atoms with E-state index in [1.54, 1.807) is 5.01 Å². The zero-order valence-corrected chi connectivity index (χ0v) is 6.05. The smallest absolute Gasteiger partial charge is 0.0591 e. The Bertz CT molecular complexity index is 109. The SMILES string of the molecule is O=NN1CCCC1CS. The summed E-state index contributed by atoms with van der Waals surface area (Å²) in [5.74, 6) is 0.742. The maximum atomic E-state index is 10.0. The molecular weight excluding hydrogens is 136 g/mol. The van der Waals surface area contributed by atoms with Gasteiger partial charge in [0.15, 0.2) is 0 Å². The van der Waals surface area contributed by atoms with Crippen LogP contribution in [-0.4, -0.2) is 23.3 Å². The van der Waals surface area contributed by atoms with Gasteiger partial charge in [-0.2, -0.15) is 12.6 Å². The highest BCUT2D eigenvalue weighted by Crippen LogP contribution is 2.17. The predicted molar refractivity (Wildman–Crippen MR) is 39.4 cm³/mol. The molecule has 1 atom stereocenters. The first-order chi connectivity index (χ1) is 4.38. The van der Waals surface area contributed by atoms with E-state index < -0.39 is 0 Å². The van der Waals surface area contributed by atoms with Crippen LogP contribution in [0.5, 0.6) is 0 Å². The van der Waals surface area contributed by atoms with E-state index in [-0.39, 0.29) is 0 Å².